The maximum atomic E-state index is 12.9. The van der Waals surface area contributed by atoms with Crippen molar-refractivity contribution in [3.8, 4) is 0 Å². The first-order valence-electron chi connectivity index (χ1n) is 22.5. The summed E-state index contributed by atoms with van der Waals surface area (Å²) in [6.07, 6.45) is 2.16. The predicted molar refractivity (Wildman–Crippen MR) is 287 cm³/mol. The predicted octanol–water partition coefficient (Wildman–Crippen LogP) is 5.84. The van der Waals surface area contributed by atoms with Crippen molar-refractivity contribution in [2.24, 2.45) is 17.8 Å². The number of nitrogens with zero attached hydrogens (tertiary/aromatic N) is 6. The molecule has 2 heterocycles. The molecule has 30 nitrogen and oxygen atoms in total. The van der Waals surface area contributed by atoms with Crippen molar-refractivity contribution >= 4 is 131 Å². The third-order valence-electron chi connectivity index (χ3n) is 11.4. The van der Waals surface area contributed by atoms with Crippen molar-refractivity contribution in [3.05, 3.63) is 83.9 Å². The Bertz CT molecular complexity index is 4080. The number of nitrogens with one attached hydrogen (secondary N) is 6. The zero-order valence-electron chi connectivity index (χ0n) is 41.8. The van der Waals surface area contributed by atoms with Crippen LogP contribution in [0, 0.1) is 17.8 Å². The zero-order valence-corrected chi connectivity index (χ0v) is 46.7. The van der Waals surface area contributed by atoms with Gasteiger partial charge in [0.15, 0.2) is 0 Å². The van der Waals surface area contributed by atoms with Gasteiger partial charge in [0.1, 0.15) is 19.6 Å². The van der Waals surface area contributed by atoms with Crippen LogP contribution in [-0.2, 0) is 60.7 Å². The van der Waals surface area contributed by atoms with Crippen LogP contribution in [0.15, 0.2) is 102 Å². The van der Waals surface area contributed by atoms with Crippen molar-refractivity contribution in [2.75, 3.05) is 38.4 Å². The molecule has 6 rings (SSSR count). The second-order valence-electron chi connectivity index (χ2n) is 17.9. The fourth-order valence-corrected chi connectivity index (χ4v) is 10.3. The lowest BCUT2D eigenvalue weighted by Crippen LogP contribution is -2.23. The summed E-state index contributed by atoms with van der Waals surface area (Å²) in [5, 5.41) is 16.4. The Morgan fingerprint density at radius 2 is 0.759 bits per heavy atom. The van der Waals surface area contributed by atoms with Crippen LogP contribution in [0.25, 0.3) is 12.2 Å². The highest BCUT2D eigenvalue weighted by molar-refractivity contribution is 7.87. The van der Waals surface area contributed by atoms with Gasteiger partial charge in [0.2, 0.25) is 35.7 Å². The van der Waals surface area contributed by atoms with Crippen molar-refractivity contribution in [2.45, 2.75) is 77.0 Å². The molecule has 0 saturated heterocycles. The van der Waals surface area contributed by atoms with Crippen molar-refractivity contribution in [1.82, 2.24) is 29.9 Å². The molecule has 2 aromatic heterocycles. The third kappa shape index (κ3) is 16.5. The third-order valence-corrected chi connectivity index (χ3v) is 16.8. The van der Waals surface area contributed by atoms with Gasteiger partial charge < -0.3 is 31.9 Å². The highest BCUT2D eigenvalue weighted by Gasteiger charge is 2.25. The Hall–Kier alpha value is -7.10. The number of benzene rings is 4. The summed E-state index contributed by atoms with van der Waals surface area (Å²) >= 11 is 0. The fourth-order valence-electron chi connectivity index (χ4n) is 6.59. The summed E-state index contributed by atoms with van der Waals surface area (Å²) in [6.45, 7) is 11.6. The first-order chi connectivity index (χ1) is 36.3. The number of aromatic nitrogens is 6. The molecule has 426 valence electrons. The molecule has 0 aliphatic rings. The van der Waals surface area contributed by atoms with E-state index >= 15 is 0 Å². The number of hydrogen-bond acceptors (Lipinski definition) is 24. The second-order valence-corrected chi connectivity index (χ2v) is 26.3. The molecule has 0 aliphatic carbocycles. The van der Waals surface area contributed by atoms with Crippen LogP contribution >= 0.6 is 0 Å². The lowest BCUT2D eigenvalue weighted by Gasteiger charge is -2.19. The van der Waals surface area contributed by atoms with Crippen LogP contribution < -0.4 is 31.9 Å². The van der Waals surface area contributed by atoms with Crippen LogP contribution in [0.4, 0.5) is 58.4 Å². The van der Waals surface area contributed by atoms with E-state index in [0.29, 0.717) is 30.3 Å². The van der Waals surface area contributed by atoms with Crippen LogP contribution in [0.5, 0.6) is 0 Å². The Balaban J connectivity index is 1.35. The molecule has 0 radical (unpaired) electrons. The minimum atomic E-state index is -5.12. The minimum absolute atomic E-state index is 0.0190. The number of rotatable bonds is 23. The maximum Gasteiger partial charge on any atom is 0.296 e. The van der Waals surface area contributed by atoms with Gasteiger partial charge >= 0.3 is 0 Å². The van der Waals surface area contributed by atoms with Gasteiger partial charge in [-0.3, -0.25) is 27.3 Å². The number of hydrogen-bond donors (Lipinski definition) is 12. The van der Waals surface area contributed by atoms with E-state index in [-0.39, 0.29) is 76.6 Å². The average Bonchev–Trinajstić information content (AvgIpc) is 3.32. The quantitative estimate of drug-likeness (QED) is 0.0265. The summed E-state index contributed by atoms with van der Waals surface area (Å²) in [5.41, 5.74) is -1.90. The molecule has 4 aromatic carbocycles. The van der Waals surface area contributed by atoms with E-state index in [2.05, 4.69) is 61.8 Å². The first kappa shape index (κ1) is 61.1. The summed E-state index contributed by atoms with van der Waals surface area (Å²) in [6, 6.07) is 10.6. The van der Waals surface area contributed by atoms with Crippen molar-refractivity contribution in [3.63, 3.8) is 0 Å². The van der Waals surface area contributed by atoms with Gasteiger partial charge in [-0.1, -0.05) is 58.9 Å². The van der Waals surface area contributed by atoms with E-state index in [9.17, 15) is 77.8 Å². The highest BCUT2D eigenvalue weighted by atomic mass is 32.2. The van der Waals surface area contributed by atoms with Crippen molar-refractivity contribution < 1.29 is 77.8 Å². The fraction of sp³-hybridized carbons (Fsp3) is 0.256. The average molecular weight is 1220 g/mol. The maximum absolute atomic E-state index is 12.9. The first-order valence-corrected chi connectivity index (χ1v) is 31.2. The van der Waals surface area contributed by atoms with Crippen LogP contribution in [0.3, 0.4) is 0 Å². The van der Waals surface area contributed by atoms with Gasteiger partial charge in [-0.25, -0.2) is 0 Å². The van der Waals surface area contributed by atoms with Crippen LogP contribution in [0.2, 0.25) is 0 Å². The molecule has 0 saturated carbocycles. The van der Waals surface area contributed by atoms with Crippen LogP contribution in [-0.4, -0.2) is 120 Å². The lowest BCUT2D eigenvalue weighted by atomic mass is 9.98. The van der Waals surface area contributed by atoms with E-state index in [1.165, 1.54) is 24.3 Å². The molecule has 79 heavy (non-hydrogen) atoms. The summed E-state index contributed by atoms with van der Waals surface area (Å²) < 4.78 is 208. The SMILES string of the molecule is CC(C)C(C)CNc1nc(Nc2ccc(/C=C/c3ccc(Nc4nc(Nc5cc(S(=O)(=O)O)ccc5S(=O)(=O)O)nc(NC(C)C(C)C)n4)cc3S(=O)(=O)O)c(S(=O)(=O)O)c2)nc(Nc2cc(S(=O)(=O)O)ccc2S(=O)(=O)O)n1. The zero-order chi connectivity index (χ0) is 58.8. The lowest BCUT2D eigenvalue weighted by molar-refractivity contribution is 0.439. The van der Waals surface area contributed by atoms with Gasteiger partial charge in [-0.15, -0.1) is 0 Å². The highest BCUT2D eigenvalue weighted by Crippen LogP contribution is 2.32. The molecular formula is C43H50N12O18S6. The Kier molecular flexibility index (Phi) is 18.0. The van der Waals surface area contributed by atoms with E-state index in [1.807, 2.05) is 34.6 Å². The van der Waals surface area contributed by atoms with Crippen LogP contribution in [0.1, 0.15) is 52.7 Å². The van der Waals surface area contributed by atoms with Gasteiger partial charge in [0.25, 0.3) is 60.7 Å². The van der Waals surface area contributed by atoms with Crippen molar-refractivity contribution in [1.29, 1.82) is 0 Å². The van der Waals surface area contributed by atoms with Gasteiger partial charge in [0.05, 0.1) is 21.2 Å². The van der Waals surface area contributed by atoms with Gasteiger partial charge in [-0.05, 0) is 96.5 Å². The summed E-state index contributed by atoms with van der Waals surface area (Å²) in [5.74, 6) is -1.78. The Morgan fingerprint density at radius 3 is 1.10 bits per heavy atom. The van der Waals surface area contributed by atoms with E-state index in [1.54, 1.807) is 6.92 Å². The molecule has 0 aliphatic heterocycles. The molecule has 0 fully saturated rings. The molecule has 6 aromatic rings. The molecule has 2 unspecified atom stereocenters. The van der Waals surface area contributed by atoms with E-state index in [4.69, 9.17) is 0 Å². The molecule has 0 spiro atoms. The molecular weight excluding hydrogens is 1160 g/mol. The molecule has 36 heteroatoms. The largest absolute Gasteiger partial charge is 0.354 e. The minimum Gasteiger partial charge on any atom is -0.354 e. The monoisotopic (exact) mass is 1210 g/mol. The van der Waals surface area contributed by atoms with Gasteiger partial charge in [-0.2, -0.15) is 80.4 Å². The standard InChI is InChI=1S/C43H50N12O18S6/c1-22(2)24(5)21-44-38-50-40(54-42(51-38)48-32-19-30(74(56,57)58)13-15-34(32)76(62,63)64)46-28-11-9-26(36(17-28)78(68,69)70)7-8-27-10-12-29(18-37(27)79(71,72)73)47-41-52-39(45-25(6)23(3)4)53-43(55-41)49-33-20-31(75(59,60)61)14-16-35(33)77(65,66)67/h7-20,22-25H,21H2,1-6H3,(H,56,57,58)(H,59,60,61)(H,62,63,64)(H,65,66,67)(H,68,69,70)(H,71,72,73)(H3,44,46,48,50,51,54)(H3,45,47,49,52,53,55)/b8-7+. The number of anilines is 10. The second kappa shape index (κ2) is 23.3. The van der Waals surface area contributed by atoms with E-state index < -0.39 is 113 Å². The topological polar surface area (TPSA) is 476 Å². The Morgan fingerprint density at radius 1 is 0.405 bits per heavy atom. The Labute approximate surface area is 453 Å². The van der Waals surface area contributed by atoms with Gasteiger partial charge in [0, 0.05) is 24.0 Å². The van der Waals surface area contributed by atoms with E-state index in [0.717, 1.165) is 30.4 Å². The summed E-state index contributed by atoms with van der Waals surface area (Å²) in [4.78, 5) is 20.5. The smallest absolute Gasteiger partial charge is 0.296 e. The molecule has 2 atom stereocenters. The molecule has 12 N–H and O–H groups in total. The molecule has 0 bridgehead atoms. The summed E-state index contributed by atoms with van der Waals surface area (Å²) in [7, 11) is -30.1. The molecule has 0 amide bonds. The normalized spacial score (nSPS) is 13.5.